The van der Waals surface area contributed by atoms with Crippen molar-refractivity contribution in [3.8, 4) is 0 Å². The number of hydrogen-bond donors (Lipinski definition) is 2. The van der Waals surface area contributed by atoms with Crippen LogP contribution in [0, 0.1) is 13.8 Å². The van der Waals surface area contributed by atoms with Gasteiger partial charge in [0.05, 0.1) is 10.6 Å². The Labute approximate surface area is 122 Å². The van der Waals surface area contributed by atoms with Crippen molar-refractivity contribution < 1.29 is 8.42 Å². The number of nitrogens with zero attached hydrogens (tertiary/aromatic N) is 1. The number of hydrogen-bond acceptors (Lipinski definition) is 5. The van der Waals surface area contributed by atoms with E-state index in [9.17, 15) is 8.42 Å². The average Bonchev–Trinajstić information content (AvgIpc) is 2.67. The normalized spacial score (nSPS) is 13.2. The lowest BCUT2D eigenvalue weighted by Gasteiger charge is -2.09. The highest BCUT2D eigenvalue weighted by molar-refractivity contribution is 7.93. The molecule has 108 valence electrons. The summed E-state index contributed by atoms with van der Waals surface area (Å²) in [6, 6.07) is 6.41. The van der Waals surface area contributed by atoms with Crippen LogP contribution in [0.2, 0.25) is 0 Å². The molecule has 0 aliphatic carbocycles. The van der Waals surface area contributed by atoms with Gasteiger partial charge in [-0.05, 0) is 38.5 Å². The molecule has 1 aromatic heterocycles. The van der Waals surface area contributed by atoms with Gasteiger partial charge in [0.15, 0.2) is 5.13 Å². The van der Waals surface area contributed by atoms with E-state index in [0.29, 0.717) is 5.13 Å². The van der Waals surface area contributed by atoms with Crippen LogP contribution in [0.4, 0.5) is 5.13 Å². The fraction of sp³-hybridized carbons (Fsp3) is 0.308. The number of anilines is 1. The molecule has 0 amide bonds. The van der Waals surface area contributed by atoms with Gasteiger partial charge in [0, 0.05) is 10.9 Å². The van der Waals surface area contributed by atoms with Gasteiger partial charge >= 0.3 is 0 Å². The smallest absolute Gasteiger partial charge is 0.263 e. The van der Waals surface area contributed by atoms with E-state index < -0.39 is 10.0 Å². The highest BCUT2D eigenvalue weighted by atomic mass is 32.2. The van der Waals surface area contributed by atoms with Crippen LogP contribution in [0.25, 0.3) is 0 Å². The van der Waals surface area contributed by atoms with Crippen LogP contribution >= 0.6 is 11.3 Å². The van der Waals surface area contributed by atoms with E-state index >= 15 is 0 Å². The minimum Gasteiger partial charge on any atom is -0.324 e. The van der Waals surface area contributed by atoms with E-state index in [1.54, 1.807) is 24.3 Å². The summed E-state index contributed by atoms with van der Waals surface area (Å²) in [4.78, 5) is 5.37. The van der Waals surface area contributed by atoms with Crippen molar-refractivity contribution in [1.82, 2.24) is 4.98 Å². The maximum absolute atomic E-state index is 12.3. The predicted molar refractivity (Wildman–Crippen MR) is 81.4 cm³/mol. The zero-order valence-electron chi connectivity index (χ0n) is 11.5. The number of rotatable bonds is 4. The van der Waals surface area contributed by atoms with Gasteiger partial charge in [-0.2, -0.15) is 0 Å². The molecule has 7 heteroatoms. The van der Waals surface area contributed by atoms with Gasteiger partial charge in [0.1, 0.15) is 0 Å². The Morgan fingerprint density at radius 1 is 1.35 bits per heavy atom. The van der Waals surface area contributed by atoms with Crippen molar-refractivity contribution in [2.75, 3.05) is 4.72 Å². The summed E-state index contributed by atoms with van der Waals surface area (Å²) >= 11 is 1.32. The minimum atomic E-state index is -3.63. The van der Waals surface area contributed by atoms with E-state index in [4.69, 9.17) is 5.73 Å². The Morgan fingerprint density at radius 3 is 2.60 bits per heavy atom. The number of aryl methyl sites for hydroxylation is 2. The molecule has 0 saturated carbocycles. The average molecular weight is 311 g/mol. The summed E-state index contributed by atoms with van der Waals surface area (Å²) in [5.41, 5.74) is 7.38. The SMILES string of the molecule is Cc1nc(NS(=O)(=O)c2cccc(C(C)N)c2)sc1C. The summed E-state index contributed by atoms with van der Waals surface area (Å²) in [5.74, 6) is 0. The van der Waals surface area contributed by atoms with Crippen molar-refractivity contribution in [3.63, 3.8) is 0 Å². The third-order valence-corrected chi connectivity index (χ3v) is 5.40. The Morgan fingerprint density at radius 2 is 2.05 bits per heavy atom. The molecular weight excluding hydrogens is 294 g/mol. The highest BCUT2D eigenvalue weighted by Crippen LogP contribution is 2.24. The maximum Gasteiger partial charge on any atom is 0.263 e. The van der Waals surface area contributed by atoms with Crippen LogP contribution in [0.5, 0.6) is 0 Å². The molecule has 0 radical (unpaired) electrons. The molecule has 0 bridgehead atoms. The zero-order chi connectivity index (χ0) is 14.9. The lowest BCUT2D eigenvalue weighted by Crippen LogP contribution is -2.14. The number of nitrogens with one attached hydrogen (secondary N) is 1. The minimum absolute atomic E-state index is 0.192. The monoisotopic (exact) mass is 311 g/mol. The molecule has 1 unspecified atom stereocenters. The van der Waals surface area contributed by atoms with Gasteiger partial charge in [-0.15, -0.1) is 11.3 Å². The van der Waals surface area contributed by atoms with Crippen LogP contribution in [0.15, 0.2) is 29.2 Å². The van der Waals surface area contributed by atoms with Gasteiger partial charge in [-0.25, -0.2) is 13.4 Å². The van der Waals surface area contributed by atoms with Crippen LogP contribution in [-0.4, -0.2) is 13.4 Å². The van der Waals surface area contributed by atoms with Crippen LogP contribution < -0.4 is 10.5 Å². The molecule has 0 spiro atoms. The Balaban J connectivity index is 2.33. The van der Waals surface area contributed by atoms with Crippen molar-refractivity contribution in [3.05, 3.63) is 40.4 Å². The Bertz CT molecular complexity index is 701. The molecule has 1 aromatic carbocycles. The molecule has 1 atom stereocenters. The van der Waals surface area contributed by atoms with Gasteiger partial charge < -0.3 is 5.73 Å². The first-order valence-electron chi connectivity index (χ1n) is 6.12. The summed E-state index contributed by atoms with van der Waals surface area (Å²) < 4.78 is 27.1. The summed E-state index contributed by atoms with van der Waals surface area (Å²) in [6.45, 7) is 5.56. The lowest BCUT2D eigenvalue weighted by atomic mass is 10.1. The maximum atomic E-state index is 12.3. The molecular formula is C13H17N3O2S2. The molecule has 20 heavy (non-hydrogen) atoms. The van der Waals surface area contributed by atoms with Crippen molar-refractivity contribution in [1.29, 1.82) is 0 Å². The lowest BCUT2D eigenvalue weighted by molar-refractivity contribution is 0.601. The standard InChI is InChI=1S/C13H17N3O2S2/c1-8(14)11-5-4-6-12(7-11)20(17,18)16-13-15-9(2)10(3)19-13/h4-8H,14H2,1-3H3,(H,15,16). The summed E-state index contributed by atoms with van der Waals surface area (Å²) in [7, 11) is -3.63. The van der Waals surface area contributed by atoms with Crippen molar-refractivity contribution >= 4 is 26.5 Å². The van der Waals surface area contributed by atoms with Gasteiger partial charge in [-0.1, -0.05) is 12.1 Å². The number of nitrogens with two attached hydrogens (primary N) is 1. The quantitative estimate of drug-likeness (QED) is 0.909. The fourth-order valence-corrected chi connectivity index (χ4v) is 3.76. The first kappa shape index (κ1) is 15.0. The zero-order valence-corrected chi connectivity index (χ0v) is 13.2. The molecule has 5 nitrogen and oxygen atoms in total. The largest absolute Gasteiger partial charge is 0.324 e. The summed E-state index contributed by atoms with van der Waals surface area (Å²) in [5, 5.41) is 0.381. The summed E-state index contributed by atoms with van der Waals surface area (Å²) in [6.07, 6.45) is 0. The molecule has 0 saturated heterocycles. The first-order valence-corrected chi connectivity index (χ1v) is 8.42. The molecule has 0 fully saturated rings. The number of thiazole rings is 1. The van der Waals surface area contributed by atoms with Gasteiger partial charge in [0.2, 0.25) is 0 Å². The van der Waals surface area contributed by atoms with Crippen molar-refractivity contribution in [2.45, 2.75) is 31.7 Å². The van der Waals surface area contributed by atoms with E-state index in [-0.39, 0.29) is 10.9 Å². The molecule has 2 aromatic rings. The second kappa shape index (κ2) is 5.51. The third kappa shape index (κ3) is 3.17. The van der Waals surface area contributed by atoms with E-state index in [0.717, 1.165) is 16.1 Å². The topological polar surface area (TPSA) is 85.1 Å². The van der Waals surface area contributed by atoms with Gasteiger partial charge in [0.25, 0.3) is 10.0 Å². The second-order valence-electron chi connectivity index (χ2n) is 4.63. The van der Waals surface area contributed by atoms with Gasteiger partial charge in [-0.3, -0.25) is 4.72 Å². The highest BCUT2D eigenvalue weighted by Gasteiger charge is 2.17. The number of benzene rings is 1. The van der Waals surface area contributed by atoms with E-state index in [1.165, 1.54) is 11.3 Å². The Hall–Kier alpha value is -1.44. The van der Waals surface area contributed by atoms with Crippen LogP contribution in [-0.2, 0) is 10.0 Å². The second-order valence-corrected chi connectivity index (χ2v) is 7.51. The van der Waals surface area contributed by atoms with E-state index in [1.807, 2.05) is 20.8 Å². The molecule has 1 heterocycles. The van der Waals surface area contributed by atoms with Crippen molar-refractivity contribution in [2.24, 2.45) is 5.73 Å². The van der Waals surface area contributed by atoms with E-state index in [2.05, 4.69) is 9.71 Å². The van der Waals surface area contributed by atoms with Crippen LogP contribution in [0.1, 0.15) is 29.1 Å². The molecule has 3 N–H and O–H groups in total. The van der Waals surface area contributed by atoms with Crippen LogP contribution in [0.3, 0.4) is 0 Å². The fourth-order valence-electron chi connectivity index (χ4n) is 1.66. The molecule has 2 rings (SSSR count). The third-order valence-electron chi connectivity index (χ3n) is 2.94. The molecule has 0 aliphatic rings. The first-order chi connectivity index (χ1) is 9.29. The number of aromatic nitrogens is 1. The predicted octanol–water partition coefficient (Wildman–Crippen LogP) is 2.58. The number of sulfonamides is 1. The molecule has 0 aliphatic heterocycles. The Kier molecular flexibility index (Phi) is 4.12.